The molecule has 0 saturated heterocycles. The average Bonchev–Trinajstić information content (AvgIpc) is 2.71. The van der Waals surface area contributed by atoms with E-state index < -0.39 is 28.8 Å². The summed E-state index contributed by atoms with van der Waals surface area (Å²) in [4.78, 5) is 24.8. The third-order valence-electron chi connectivity index (χ3n) is 4.37. The number of amides is 1. The van der Waals surface area contributed by atoms with Gasteiger partial charge in [0.2, 0.25) is 5.43 Å². The maximum atomic E-state index is 13.0. The topological polar surface area (TPSA) is 73.2 Å². The number of carbonyl (C=O) groups is 1. The highest BCUT2D eigenvalue weighted by molar-refractivity contribution is 5.92. The van der Waals surface area contributed by atoms with Crippen molar-refractivity contribution >= 4 is 5.91 Å². The number of aryl methyl sites for hydroxylation is 1. The number of aromatic nitrogens is 2. The van der Waals surface area contributed by atoms with Crippen LogP contribution in [0.2, 0.25) is 0 Å². The van der Waals surface area contributed by atoms with Crippen LogP contribution in [0.15, 0.2) is 59.4 Å². The lowest BCUT2D eigenvalue weighted by Gasteiger charge is -2.14. The largest absolute Gasteiger partial charge is 0.496 e. The highest BCUT2D eigenvalue weighted by atomic mass is 19.4. The Morgan fingerprint density at radius 2 is 1.87 bits per heavy atom. The van der Waals surface area contributed by atoms with Crippen LogP contribution < -0.4 is 15.5 Å². The number of nitrogens with zero attached hydrogens (tertiary/aromatic N) is 2. The molecule has 0 radical (unpaired) electrons. The molecule has 9 heteroatoms. The first-order valence-electron chi connectivity index (χ1n) is 8.89. The van der Waals surface area contributed by atoms with E-state index in [1.807, 2.05) is 0 Å². The Labute approximate surface area is 169 Å². The summed E-state index contributed by atoms with van der Waals surface area (Å²) >= 11 is 0. The second-order valence-corrected chi connectivity index (χ2v) is 6.45. The summed E-state index contributed by atoms with van der Waals surface area (Å²) in [5.74, 6) is -0.178. The number of hydrogen-bond acceptors (Lipinski definition) is 4. The number of para-hydroxylation sites is 1. The Bertz CT molecular complexity index is 1140. The maximum Gasteiger partial charge on any atom is 0.416 e. The van der Waals surface area contributed by atoms with Crippen LogP contribution in [0.1, 0.15) is 27.3 Å². The van der Waals surface area contributed by atoms with E-state index in [1.165, 1.54) is 26.2 Å². The quantitative estimate of drug-likeness (QED) is 0.690. The van der Waals surface area contributed by atoms with Crippen molar-refractivity contribution in [2.45, 2.75) is 19.6 Å². The molecule has 6 nitrogen and oxygen atoms in total. The molecule has 3 rings (SSSR count). The van der Waals surface area contributed by atoms with Crippen LogP contribution in [0.4, 0.5) is 13.2 Å². The molecule has 1 N–H and O–H groups in total. The smallest absolute Gasteiger partial charge is 0.416 e. The second-order valence-electron chi connectivity index (χ2n) is 6.45. The van der Waals surface area contributed by atoms with Gasteiger partial charge < -0.3 is 10.1 Å². The van der Waals surface area contributed by atoms with Crippen molar-refractivity contribution in [2.75, 3.05) is 7.11 Å². The first kappa shape index (κ1) is 21.1. The number of carbonyl (C=O) groups excluding carboxylic acids is 1. The molecular weight excluding hydrogens is 399 g/mol. The lowest BCUT2D eigenvalue weighted by atomic mass is 10.2. The van der Waals surface area contributed by atoms with Crippen molar-refractivity contribution in [3.8, 4) is 11.4 Å². The van der Waals surface area contributed by atoms with Crippen LogP contribution in [0.3, 0.4) is 0 Å². The number of benzene rings is 2. The molecule has 156 valence electrons. The van der Waals surface area contributed by atoms with Gasteiger partial charge in [-0.15, -0.1) is 0 Å². The van der Waals surface area contributed by atoms with Gasteiger partial charge in [-0.1, -0.05) is 24.3 Å². The highest BCUT2D eigenvalue weighted by Gasteiger charge is 2.30. The zero-order valence-electron chi connectivity index (χ0n) is 16.2. The molecule has 0 aliphatic heterocycles. The fourth-order valence-corrected chi connectivity index (χ4v) is 2.89. The van der Waals surface area contributed by atoms with Gasteiger partial charge >= 0.3 is 6.18 Å². The number of nitrogens with one attached hydrogen (secondary N) is 1. The van der Waals surface area contributed by atoms with Gasteiger partial charge in [0.1, 0.15) is 5.75 Å². The summed E-state index contributed by atoms with van der Waals surface area (Å²) in [6.45, 7) is 1.60. The predicted molar refractivity (Wildman–Crippen MR) is 104 cm³/mol. The van der Waals surface area contributed by atoms with Gasteiger partial charge in [0.05, 0.1) is 18.4 Å². The van der Waals surface area contributed by atoms with Crippen molar-refractivity contribution in [3.05, 3.63) is 87.3 Å². The first-order chi connectivity index (χ1) is 14.2. The van der Waals surface area contributed by atoms with Gasteiger partial charge in [0.15, 0.2) is 5.69 Å². The molecule has 0 spiro atoms. The molecule has 0 aliphatic rings. The van der Waals surface area contributed by atoms with Crippen molar-refractivity contribution in [1.29, 1.82) is 0 Å². The molecule has 2 aromatic carbocycles. The summed E-state index contributed by atoms with van der Waals surface area (Å²) in [6.07, 6.45) is -4.53. The lowest BCUT2D eigenvalue weighted by Crippen LogP contribution is -2.31. The van der Waals surface area contributed by atoms with Crippen LogP contribution in [0.25, 0.3) is 5.69 Å². The number of rotatable bonds is 5. The monoisotopic (exact) mass is 417 g/mol. The van der Waals surface area contributed by atoms with E-state index in [0.717, 1.165) is 22.9 Å². The van der Waals surface area contributed by atoms with E-state index in [0.29, 0.717) is 17.0 Å². The third kappa shape index (κ3) is 4.51. The molecule has 0 fully saturated rings. The minimum Gasteiger partial charge on any atom is -0.496 e. The van der Waals surface area contributed by atoms with Gasteiger partial charge in [-0.05, 0) is 31.2 Å². The van der Waals surface area contributed by atoms with E-state index >= 15 is 0 Å². The van der Waals surface area contributed by atoms with E-state index in [-0.39, 0.29) is 12.2 Å². The highest BCUT2D eigenvalue weighted by Crippen LogP contribution is 2.30. The summed E-state index contributed by atoms with van der Waals surface area (Å²) in [5, 5.41) is 6.60. The van der Waals surface area contributed by atoms with Gasteiger partial charge in [0, 0.05) is 23.9 Å². The van der Waals surface area contributed by atoms with Gasteiger partial charge in [-0.3, -0.25) is 9.59 Å². The van der Waals surface area contributed by atoms with Gasteiger partial charge in [0.25, 0.3) is 5.91 Å². The molecule has 1 heterocycles. The summed E-state index contributed by atoms with van der Waals surface area (Å²) in [7, 11) is 1.50. The summed E-state index contributed by atoms with van der Waals surface area (Å²) < 4.78 is 45.4. The predicted octanol–water partition coefficient (Wildman–Crippen LogP) is 3.50. The van der Waals surface area contributed by atoms with Crippen LogP contribution >= 0.6 is 0 Å². The number of halogens is 3. The van der Waals surface area contributed by atoms with Gasteiger partial charge in [-0.25, -0.2) is 4.68 Å². The van der Waals surface area contributed by atoms with Crippen molar-refractivity contribution in [2.24, 2.45) is 0 Å². The Morgan fingerprint density at radius 3 is 2.57 bits per heavy atom. The molecule has 0 aliphatic carbocycles. The first-order valence-corrected chi connectivity index (χ1v) is 8.89. The maximum absolute atomic E-state index is 13.0. The van der Waals surface area contributed by atoms with Crippen molar-refractivity contribution in [3.63, 3.8) is 0 Å². The Kier molecular flexibility index (Phi) is 5.91. The molecule has 1 amide bonds. The summed E-state index contributed by atoms with van der Waals surface area (Å²) in [6, 6.07) is 12.7. The Balaban J connectivity index is 1.92. The Hall–Kier alpha value is -3.62. The normalized spacial score (nSPS) is 11.2. The fourth-order valence-electron chi connectivity index (χ4n) is 2.89. The average molecular weight is 417 g/mol. The molecule has 30 heavy (non-hydrogen) atoms. The van der Waals surface area contributed by atoms with Crippen LogP contribution in [0, 0.1) is 6.92 Å². The van der Waals surface area contributed by atoms with E-state index in [4.69, 9.17) is 4.74 Å². The summed E-state index contributed by atoms with van der Waals surface area (Å²) in [5.41, 5.74) is -0.844. The zero-order valence-corrected chi connectivity index (χ0v) is 16.2. The van der Waals surface area contributed by atoms with E-state index in [9.17, 15) is 22.8 Å². The number of hydrogen-bond donors (Lipinski definition) is 1. The standard InChI is InChI=1S/C21H18F3N3O3/c1-13-10-17(28)19(20(29)25-12-14-6-3-4-9-18(14)30-2)26-27(13)16-8-5-7-15(11-16)21(22,23)24/h3-11H,12H2,1-2H3,(H,25,29). The second kappa shape index (κ2) is 8.40. The zero-order chi connectivity index (χ0) is 21.9. The lowest BCUT2D eigenvalue weighted by molar-refractivity contribution is -0.137. The van der Waals surface area contributed by atoms with Crippen molar-refractivity contribution < 1.29 is 22.7 Å². The number of alkyl halides is 3. The minimum atomic E-state index is -4.53. The fraction of sp³-hybridized carbons (Fsp3) is 0.190. The number of ether oxygens (including phenoxy) is 1. The van der Waals surface area contributed by atoms with Crippen LogP contribution in [-0.2, 0) is 12.7 Å². The molecule has 3 aromatic rings. The third-order valence-corrected chi connectivity index (χ3v) is 4.37. The molecule has 1 aromatic heterocycles. The van der Waals surface area contributed by atoms with Crippen LogP contribution in [-0.4, -0.2) is 22.8 Å². The molecule has 0 unspecified atom stereocenters. The number of methoxy groups -OCH3 is 1. The minimum absolute atomic E-state index is 0.0844. The SMILES string of the molecule is COc1ccccc1CNC(=O)c1nn(-c2cccc(C(F)(F)F)c2)c(C)cc1=O. The van der Waals surface area contributed by atoms with Crippen LogP contribution in [0.5, 0.6) is 5.75 Å². The Morgan fingerprint density at radius 1 is 1.13 bits per heavy atom. The molecule has 0 bridgehead atoms. The molecule has 0 saturated carbocycles. The van der Waals surface area contributed by atoms with Crippen molar-refractivity contribution in [1.82, 2.24) is 15.1 Å². The van der Waals surface area contributed by atoms with Gasteiger partial charge in [-0.2, -0.15) is 18.3 Å². The van der Waals surface area contributed by atoms with E-state index in [2.05, 4.69) is 10.4 Å². The molecular formula is C21H18F3N3O3. The molecule has 0 atom stereocenters. The van der Waals surface area contributed by atoms with E-state index in [1.54, 1.807) is 24.3 Å².